The number of allylic oxidation sites excluding steroid dienone is 1. The predicted molar refractivity (Wildman–Crippen MR) is 135 cm³/mol. The van der Waals surface area contributed by atoms with Crippen molar-refractivity contribution < 1.29 is 23.4 Å². The van der Waals surface area contributed by atoms with Crippen LogP contribution in [0.4, 0.5) is 0 Å². The van der Waals surface area contributed by atoms with E-state index >= 15 is 0 Å². The third kappa shape index (κ3) is 4.76. The second-order valence-corrected chi connectivity index (χ2v) is 8.83. The molecule has 1 saturated heterocycles. The van der Waals surface area contributed by atoms with Crippen molar-refractivity contribution in [3.05, 3.63) is 48.2 Å². The molecule has 1 aromatic heterocycles. The number of methoxy groups -OCH3 is 2. The molecule has 0 N–H and O–H groups in total. The Bertz CT molecular complexity index is 1200. The van der Waals surface area contributed by atoms with Crippen molar-refractivity contribution in [3.8, 4) is 28.4 Å². The van der Waals surface area contributed by atoms with Gasteiger partial charge in [-0.05, 0) is 62.4 Å². The fourth-order valence-corrected chi connectivity index (χ4v) is 4.45. The maximum atomic E-state index is 13.0. The van der Waals surface area contributed by atoms with Crippen molar-refractivity contribution in [1.29, 1.82) is 0 Å². The van der Waals surface area contributed by atoms with E-state index in [4.69, 9.17) is 18.6 Å². The van der Waals surface area contributed by atoms with Crippen molar-refractivity contribution in [2.24, 2.45) is 5.92 Å². The van der Waals surface area contributed by atoms with Gasteiger partial charge >= 0.3 is 0 Å². The van der Waals surface area contributed by atoms with Crippen molar-refractivity contribution in [3.63, 3.8) is 0 Å². The first-order chi connectivity index (χ1) is 16.4. The molecule has 3 aromatic rings. The molecule has 0 atom stereocenters. The molecule has 1 aliphatic heterocycles. The third-order valence-electron chi connectivity index (χ3n) is 6.53. The number of carbonyl (C=O) groups is 1. The normalized spacial score (nSPS) is 15.0. The van der Waals surface area contributed by atoms with Crippen LogP contribution in [0.25, 0.3) is 27.7 Å². The Morgan fingerprint density at radius 2 is 1.85 bits per heavy atom. The first-order valence-corrected chi connectivity index (χ1v) is 11.8. The molecular weight excluding hydrogens is 430 g/mol. The van der Waals surface area contributed by atoms with Gasteiger partial charge in [-0.15, -0.1) is 0 Å². The molecule has 4 rings (SSSR count). The number of fused-ring (bicyclic) bond motifs is 1. The van der Waals surface area contributed by atoms with Crippen LogP contribution < -0.4 is 14.2 Å². The standard InChI is InChI=1S/C28H33NO5/c1-6-33-26-16-27-23(24(17-34-27)22-14-20(31-4)7-8-25(22)32-5)15-21(26)19(3)13-28(30)29-11-9-18(2)10-12-29/h7-8,13-18H,6,9-12H2,1-5H3/b19-13+. The van der Waals surface area contributed by atoms with Crippen molar-refractivity contribution in [1.82, 2.24) is 4.90 Å². The van der Waals surface area contributed by atoms with E-state index in [1.807, 2.05) is 49.1 Å². The molecule has 6 nitrogen and oxygen atoms in total. The summed E-state index contributed by atoms with van der Waals surface area (Å²) in [4.78, 5) is 14.9. The molecule has 6 heteroatoms. The largest absolute Gasteiger partial charge is 0.497 e. The monoisotopic (exact) mass is 463 g/mol. The van der Waals surface area contributed by atoms with E-state index in [2.05, 4.69) is 6.92 Å². The molecule has 0 aliphatic carbocycles. The molecule has 1 amide bonds. The topological polar surface area (TPSA) is 61.1 Å². The van der Waals surface area contributed by atoms with Crippen LogP contribution in [-0.2, 0) is 4.79 Å². The van der Waals surface area contributed by atoms with E-state index in [-0.39, 0.29) is 5.91 Å². The number of ether oxygens (including phenoxy) is 3. The number of furan rings is 1. The fourth-order valence-electron chi connectivity index (χ4n) is 4.45. The lowest BCUT2D eigenvalue weighted by atomic mass is 9.97. The van der Waals surface area contributed by atoms with E-state index in [9.17, 15) is 4.79 Å². The lowest BCUT2D eigenvalue weighted by Gasteiger charge is -2.29. The van der Waals surface area contributed by atoms with Crippen LogP contribution in [0.1, 0.15) is 39.2 Å². The Labute approximate surface area is 201 Å². The zero-order valence-corrected chi connectivity index (χ0v) is 20.6. The lowest BCUT2D eigenvalue weighted by molar-refractivity contribution is -0.127. The molecule has 0 spiro atoms. The summed E-state index contributed by atoms with van der Waals surface area (Å²) in [7, 11) is 3.28. The summed E-state index contributed by atoms with van der Waals surface area (Å²) < 4.78 is 22.9. The van der Waals surface area contributed by atoms with Crippen molar-refractivity contribution in [2.45, 2.75) is 33.6 Å². The van der Waals surface area contributed by atoms with Crippen LogP contribution in [0.2, 0.25) is 0 Å². The minimum atomic E-state index is 0.0498. The smallest absolute Gasteiger partial charge is 0.246 e. The summed E-state index contributed by atoms with van der Waals surface area (Å²) in [5.41, 5.74) is 4.20. The Hall–Kier alpha value is -3.41. The summed E-state index contributed by atoms with van der Waals surface area (Å²) >= 11 is 0. The number of piperidine rings is 1. The van der Waals surface area contributed by atoms with Crippen LogP contribution >= 0.6 is 0 Å². The zero-order chi connectivity index (χ0) is 24.2. The summed E-state index contributed by atoms with van der Waals surface area (Å²) in [5, 5.41) is 0.914. The number of nitrogens with zero attached hydrogens (tertiary/aromatic N) is 1. The van der Waals surface area contributed by atoms with Crippen molar-refractivity contribution in [2.75, 3.05) is 33.9 Å². The van der Waals surface area contributed by atoms with E-state index in [0.717, 1.165) is 65.1 Å². The van der Waals surface area contributed by atoms with Gasteiger partial charge in [-0.1, -0.05) is 6.92 Å². The number of carbonyl (C=O) groups excluding carboxylic acids is 1. The van der Waals surface area contributed by atoms with Crippen molar-refractivity contribution >= 4 is 22.4 Å². The molecule has 180 valence electrons. The first kappa shape index (κ1) is 23.7. The molecule has 1 aliphatic rings. The third-order valence-corrected chi connectivity index (χ3v) is 6.53. The molecular formula is C28H33NO5. The second kappa shape index (κ2) is 10.2. The van der Waals surface area contributed by atoms with Gasteiger partial charge < -0.3 is 23.5 Å². The van der Waals surface area contributed by atoms with E-state index in [1.165, 1.54) is 0 Å². The summed E-state index contributed by atoms with van der Waals surface area (Å²) in [6, 6.07) is 9.61. The molecule has 0 radical (unpaired) electrons. The highest BCUT2D eigenvalue weighted by atomic mass is 16.5. The Kier molecular flexibility index (Phi) is 7.15. The van der Waals surface area contributed by atoms with Gasteiger partial charge in [0.15, 0.2) is 0 Å². The van der Waals surface area contributed by atoms with Crippen LogP contribution in [-0.4, -0.2) is 44.7 Å². The Morgan fingerprint density at radius 1 is 1.09 bits per heavy atom. The SMILES string of the molecule is CCOc1cc2occ(-c3cc(OC)ccc3OC)c2cc1/C(C)=C/C(=O)N1CCC(C)CC1. The van der Waals surface area contributed by atoms with Gasteiger partial charge in [-0.2, -0.15) is 0 Å². The number of hydrogen-bond donors (Lipinski definition) is 0. The van der Waals surface area contributed by atoms with Gasteiger partial charge in [0.05, 0.1) is 27.1 Å². The Balaban J connectivity index is 1.78. The summed E-state index contributed by atoms with van der Waals surface area (Å²) in [6.07, 6.45) is 5.55. The molecule has 2 aromatic carbocycles. The maximum Gasteiger partial charge on any atom is 0.246 e. The number of likely N-dealkylation sites (tertiary alicyclic amines) is 1. The summed E-state index contributed by atoms with van der Waals surface area (Å²) in [6.45, 7) is 8.28. The first-order valence-electron chi connectivity index (χ1n) is 11.8. The fraction of sp³-hybridized carbons (Fsp3) is 0.393. The number of amides is 1. The molecule has 0 bridgehead atoms. The molecule has 0 unspecified atom stereocenters. The van der Waals surface area contributed by atoms with Crippen LogP contribution in [0.5, 0.6) is 17.2 Å². The van der Waals surface area contributed by atoms with Gasteiger partial charge in [-0.3, -0.25) is 4.79 Å². The van der Waals surface area contributed by atoms with Gasteiger partial charge in [0, 0.05) is 47.3 Å². The van der Waals surface area contributed by atoms with Crippen LogP contribution in [0.15, 0.2) is 47.1 Å². The van der Waals surface area contributed by atoms with Gasteiger partial charge in [0.2, 0.25) is 5.91 Å². The van der Waals surface area contributed by atoms with Gasteiger partial charge in [-0.25, -0.2) is 0 Å². The highest BCUT2D eigenvalue weighted by molar-refractivity contribution is 6.01. The van der Waals surface area contributed by atoms with Gasteiger partial charge in [0.1, 0.15) is 22.8 Å². The summed E-state index contributed by atoms with van der Waals surface area (Å²) in [5.74, 6) is 2.87. The average molecular weight is 464 g/mol. The van der Waals surface area contributed by atoms with E-state index in [1.54, 1.807) is 26.6 Å². The maximum absolute atomic E-state index is 13.0. The minimum absolute atomic E-state index is 0.0498. The molecule has 34 heavy (non-hydrogen) atoms. The lowest BCUT2D eigenvalue weighted by Crippen LogP contribution is -2.36. The van der Waals surface area contributed by atoms with E-state index in [0.29, 0.717) is 23.9 Å². The van der Waals surface area contributed by atoms with Gasteiger partial charge in [0.25, 0.3) is 0 Å². The quantitative estimate of drug-likeness (QED) is 0.392. The Morgan fingerprint density at radius 3 is 2.53 bits per heavy atom. The van der Waals surface area contributed by atoms with Crippen LogP contribution in [0, 0.1) is 5.92 Å². The predicted octanol–water partition coefficient (Wildman–Crippen LogP) is 6.18. The number of rotatable bonds is 7. The number of benzene rings is 2. The van der Waals surface area contributed by atoms with E-state index < -0.39 is 0 Å². The highest BCUT2D eigenvalue weighted by Crippen LogP contribution is 2.41. The molecule has 0 saturated carbocycles. The highest BCUT2D eigenvalue weighted by Gasteiger charge is 2.21. The van der Waals surface area contributed by atoms with Crippen LogP contribution in [0.3, 0.4) is 0 Å². The second-order valence-electron chi connectivity index (χ2n) is 8.83. The molecule has 1 fully saturated rings. The zero-order valence-electron chi connectivity index (χ0n) is 20.6. The molecule has 2 heterocycles. The average Bonchev–Trinajstić information content (AvgIpc) is 3.26. The minimum Gasteiger partial charge on any atom is -0.497 e. The number of hydrogen-bond acceptors (Lipinski definition) is 5.